The number of hydrogen-bond donors (Lipinski definition) is 0. The van der Waals surface area contributed by atoms with Crippen molar-refractivity contribution in [2.24, 2.45) is 0 Å². The van der Waals surface area contributed by atoms with Gasteiger partial charge in [0.15, 0.2) is 28.4 Å². The standard InChI is InChI=1S/C27H20FNO7/c1-32-19-7-4-15(10-21(19)33-2)24-23-25(30)17-11-16(28)5-8-18(17)36-26(23)27(31)29(24)12-14-3-6-20-22(9-14)35-13-34-20/h3-11,24H,12-13H2,1-2H3. The van der Waals surface area contributed by atoms with Crippen LogP contribution in [0.5, 0.6) is 23.0 Å². The summed E-state index contributed by atoms with van der Waals surface area (Å²) in [5.74, 6) is 1.05. The summed E-state index contributed by atoms with van der Waals surface area (Å²) in [4.78, 5) is 28.8. The van der Waals surface area contributed by atoms with Gasteiger partial charge in [-0.1, -0.05) is 12.1 Å². The molecule has 2 aliphatic rings. The molecule has 8 nitrogen and oxygen atoms in total. The minimum Gasteiger partial charge on any atom is -0.493 e. The molecule has 4 aromatic rings. The van der Waals surface area contributed by atoms with Crippen LogP contribution in [0.3, 0.4) is 0 Å². The van der Waals surface area contributed by atoms with Gasteiger partial charge in [-0.2, -0.15) is 0 Å². The number of rotatable bonds is 5. The zero-order valence-electron chi connectivity index (χ0n) is 19.4. The lowest BCUT2D eigenvalue weighted by Crippen LogP contribution is -2.29. The first kappa shape index (κ1) is 22.0. The summed E-state index contributed by atoms with van der Waals surface area (Å²) in [6.07, 6.45) is 0. The molecule has 0 saturated heterocycles. The van der Waals surface area contributed by atoms with Gasteiger partial charge in [-0.15, -0.1) is 0 Å². The fourth-order valence-corrected chi connectivity index (χ4v) is 4.76. The number of fused-ring (bicyclic) bond motifs is 3. The first-order valence-electron chi connectivity index (χ1n) is 11.2. The first-order valence-corrected chi connectivity index (χ1v) is 11.2. The number of carbonyl (C=O) groups excluding carboxylic acids is 1. The van der Waals surface area contributed by atoms with Crippen LogP contribution in [0, 0.1) is 5.82 Å². The molecule has 0 saturated carbocycles. The van der Waals surface area contributed by atoms with Gasteiger partial charge in [-0.05, 0) is 53.6 Å². The molecular formula is C27H20FNO7. The summed E-state index contributed by atoms with van der Waals surface area (Å²) in [5.41, 5.74) is 1.21. The van der Waals surface area contributed by atoms with Gasteiger partial charge in [0.25, 0.3) is 5.91 Å². The van der Waals surface area contributed by atoms with Crippen molar-refractivity contribution in [3.05, 3.63) is 93.1 Å². The van der Waals surface area contributed by atoms with Crippen molar-refractivity contribution in [1.82, 2.24) is 4.90 Å². The second kappa shape index (κ2) is 8.30. The quantitative estimate of drug-likeness (QED) is 0.410. The van der Waals surface area contributed by atoms with Crippen molar-refractivity contribution in [2.45, 2.75) is 12.6 Å². The topological polar surface area (TPSA) is 87.4 Å². The number of methoxy groups -OCH3 is 2. The van der Waals surface area contributed by atoms with E-state index in [1.807, 2.05) is 6.07 Å². The number of ether oxygens (including phenoxy) is 4. The van der Waals surface area contributed by atoms with Crippen LogP contribution in [0.15, 0.2) is 63.8 Å². The van der Waals surface area contributed by atoms with Crippen LogP contribution in [0.1, 0.15) is 33.3 Å². The Balaban J connectivity index is 1.53. The van der Waals surface area contributed by atoms with Crippen LogP contribution >= 0.6 is 0 Å². The summed E-state index contributed by atoms with van der Waals surface area (Å²) in [5, 5.41) is 0.0666. The second-order valence-electron chi connectivity index (χ2n) is 8.45. The average Bonchev–Trinajstić information content (AvgIpc) is 3.47. The maximum Gasteiger partial charge on any atom is 0.291 e. The zero-order chi connectivity index (χ0) is 25.0. The van der Waals surface area contributed by atoms with Crippen LogP contribution in [0.2, 0.25) is 0 Å². The number of halogens is 1. The molecule has 3 heterocycles. The predicted octanol–water partition coefficient (Wildman–Crippen LogP) is 4.42. The van der Waals surface area contributed by atoms with E-state index in [0.717, 1.165) is 11.6 Å². The molecule has 1 aromatic heterocycles. The Morgan fingerprint density at radius 2 is 1.75 bits per heavy atom. The van der Waals surface area contributed by atoms with E-state index in [-0.39, 0.29) is 35.6 Å². The Morgan fingerprint density at radius 1 is 0.944 bits per heavy atom. The zero-order valence-corrected chi connectivity index (χ0v) is 19.4. The van der Waals surface area contributed by atoms with Gasteiger partial charge in [0, 0.05) is 6.54 Å². The van der Waals surface area contributed by atoms with Crippen molar-refractivity contribution < 1.29 is 32.5 Å². The van der Waals surface area contributed by atoms with Gasteiger partial charge in [-0.25, -0.2) is 4.39 Å². The lowest BCUT2D eigenvalue weighted by molar-refractivity contribution is 0.0714. The molecule has 0 N–H and O–H groups in total. The van der Waals surface area contributed by atoms with E-state index in [2.05, 4.69) is 0 Å². The molecule has 0 fully saturated rings. The summed E-state index contributed by atoms with van der Waals surface area (Å²) < 4.78 is 41.6. The lowest BCUT2D eigenvalue weighted by Gasteiger charge is -2.26. The van der Waals surface area contributed by atoms with Crippen molar-refractivity contribution in [3.8, 4) is 23.0 Å². The van der Waals surface area contributed by atoms with Crippen LogP contribution in [0.25, 0.3) is 11.0 Å². The smallest absolute Gasteiger partial charge is 0.291 e. The minimum absolute atomic E-state index is 0.0666. The fourth-order valence-electron chi connectivity index (χ4n) is 4.76. The molecular weight excluding hydrogens is 469 g/mol. The molecule has 182 valence electrons. The van der Waals surface area contributed by atoms with Crippen molar-refractivity contribution in [2.75, 3.05) is 21.0 Å². The molecule has 3 aromatic carbocycles. The van der Waals surface area contributed by atoms with E-state index in [1.165, 1.54) is 26.4 Å². The Bertz CT molecular complexity index is 1600. The maximum atomic E-state index is 14.0. The van der Waals surface area contributed by atoms with Crippen molar-refractivity contribution in [1.29, 1.82) is 0 Å². The van der Waals surface area contributed by atoms with E-state index in [1.54, 1.807) is 35.2 Å². The van der Waals surface area contributed by atoms with E-state index in [4.69, 9.17) is 23.4 Å². The van der Waals surface area contributed by atoms with Gasteiger partial charge in [-0.3, -0.25) is 9.59 Å². The molecule has 2 aliphatic heterocycles. The fraction of sp³-hybridized carbons (Fsp3) is 0.185. The highest BCUT2D eigenvalue weighted by atomic mass is 19.1. The summed E-state index contributed by atoms with van der Waals surface area (Å²) >= 11 is 0. The third-order valence-electron chi connectivity index (χ3n) is 6.44. The molecule has 1 atom stereocenters. The van der Waals surface area contributed by atoms with Crippen LogP contribution in [-0.4, -0.2) is 31.8 Å². The lowest BCUT2D eigenvalue weighted by atomic mass is 9.97. The number of amides is 1. The molecule has 6 rings (SSSR count). The van der Waals surface area contributed by atoms with E-state index < -0.39 is 23.2 Å². The van der Waals surface area contributed by atoms with Gasteiger partial charge < -0.3 is 28.3 Å². The van der Waals surface area contributed by atoms with Crippen molar-refractivity contribution >= 4 is 16.9 Å². The molecule has 0 spiro atoms. The Labute approximate surface area is 204 Å². The highest BCUT2D eigenvalue weighted by Crippen LogP contribution is 2.42. The molecule has 1 amide bonds. The predicted molar refractivity (Wildman–Crippen MR) is 126 cm³/mol. The van der Waals surface area contributed by atoms with Gasteiger partial charge >= 0.3 is 0 Å². The molecule has 0 aliphatic carbocycles. The first-order chi connectivity index (χ1) is 17.5. The van der Waals surface area contributed by atoms with Crippen LogP contribution in [-0.2, 0) is 6.54 Å². The summed E-state index contributed by atoms with van der Waals surface area (Å²) in [7, 11) is 3.03. The number of benzene rings is 3. The molecule has 0 bridgehead atoms. The highest BCUT2D eigenvalue weighted by Gasteiger charge is 2.43. The number of hydrogen-bond acceptors (Lipinski definition) is 7. The maximum absolute atomic E-state index is 14.0. The van der Waals surface area contributed by atoms with Gasteiger partial charge in [0.05, 0.1) is 31.2 Å². The van der Waals surface area contributed by atoms with E-state index in [9.17, 15) is 14.0 Å². The highest BCUT2D eigenvalue weighted by molar-refractivity contribution is 5.99. The summed E-state index contributed by atoms with van der Waals surface area (Å²) in [6.45, 7) is 0.283. The average molecular weight is 489 g/mol. The van der Waals surface area contributed by atoms with Gasteiger partial charge in [0.2, 0.25) is 12.6 Å². The normalized spacial score (nSPS) is 15.9. The second-order valence-corrected chi connectivity index (χ2v) is 8.45. The molecule has 36 heavy (non-hydrogen) atoms. The molecule has 9 heteroatoms. The minimum atomic E-state index is -0.804. The Kier molecular flexibility index (Phi) is 5.06. The summed E-state index contributed by atoms with van der Waals surface area (Å²) in [6, 6.07) is 13.4. The molecule has 0 radical (unpaired) electrons. The van der Waals surface area contributed by atoms with E-state index in [0.29, 0.717) is 28.6 Å². The number of carbonyl (C=O) groups is 1. The van der Waals surface area contributed by atoms with E-state index >= 15 is 0 Å². The Morgan fingerprint density at radius 3 is 2.56 bits per heavy atom. The van der Waals surface area contributed by atoms with Crippen LogP contribution in [0.4, 0.5) is 4.39 Å². The number of nitrogens with zero attached hydrogens (tertiary/aromatic N) is 1. The molecule has 1 unspecified atom stereocenters. The monoisotopic (exact) mass is 489 g/mol. The van der Waals surface area contributed by atoms with Crippen molar-refractivity contribution in [3.63, 3.8) is 0 Å². The van der Waals surface area contributed by atoms with Gasteiger partial charge in [0.1, 0.15) is 11.4 Å². The van der Waals surface area contributed by atoms with Crippen LogP contribution < -0.4 is 24.4 Å². The third-order valence-corrected chi connectivity index (χ3v) is 6.44. The largest absolute Gasteiger partial charge is 0.493 e. The Hall–Kier alpha value is -4.53. The third kappa shape index (κ3) is 3.35. The SMILES string of the molecule is COc1ccc(C2c3c(oc4ccc(F)cc4c3=O)C(=O)N2Cc2ccc3c(c2)OCO3)cc1OC.